The zero-order valence-electron chi connectivity index (χ0n) is 18.8. The van der Waals surface area contributed by atoms with Crippen molar-refractivity contribution in [2.75, 3.05) is 6.61 Å². The predicted molar refractivity (Wildman–Crippen MR) is 133 cm³/mol. The first-order valence-corrected chi connectivity index (χ1v) is 13.4. The van der Waals surface area contributed by atoms with Gasteiger partial charge in [0.1, 0.15) is 22.4 Å². The fourth-order valence-electron chi connectivity index (χ4n) is 2.85. The van der Waals surface area contributed by atoms with Gasteiger partial charge in [0, 0.05) is 17.2 Å². The number of hydrogen-bond acceptors (Lipinski definition) is 8. The second kappa shape index (κ2) is 11.5. The van der Waals surface area contributed by atoms with E-state index in [1.807, 2.05) is 13.8 Å². The largest absolute Gasteiger partial charge is 0.489 e. The third kappa shape index (κ3) is 7.58. The molecule has 2 atom stereocenters. The van der Waals surface area contributed by atoms with Crippen molar-refractivity contribution in [1.82, 2.24) is 10.2 Å². The summed E-state index contributed by atoms with van der Waals surface area (Å²) in [7, 11) is -4.72. The highest BCUT2D eigenvalue weighted by atomic mass is 35.5. The summed E-state index contributed by atoms with van der Waals surface area (Å²) in [6.07, 6.45) is -1.06. The number of phosphoric acid groups is 1. The molecule has 1 aromatic heterocycles. The fraction of sp³-hybridized carbons (Fsp3) is 0.333. The zero-order valence-corrected chi connectivity index (χ0v) is 22.0. The number of halogens is 3. The van der Waals surface area contributed by atoms with Crippen molar-refractivity contribution in [3.63, 3.8) is 0 Å². The molecule has 0 unspecified atom stereocenters. The second-order valence-electron chi connectivity index (χ2n) is 7.76. The van der Waals surface area contributed by atoms with E-state index in [1.54, 1.807) is 18.2 Å². The van der Waals surface area contributed by atoms with E-state index in [-0.39, 0.29) is 23.5 Å². The SMILES string of the molecule is CC(C)Oc1ccc(-c2nnc(-c3cc(F)c(OC[C@@H](N)[C@@H](C)OP(=O)(O)O)cc3Cl)s2)cc1Cl. The van der Waals surface area contributed by atoms with Crippen molar-refractivity contribution in [2.45, 2.75) is 39.0 Å². The molecule has 0 aliphatic heterocycles. The maximum absolute atomic E-state index is 14.7. The van der Waals surface area contributed by atoms with Crippen molar-refractivity contribution in [3.05, 3.63) is 46.2 Å². The monoisotopic (exact) mass is 565 g/mol. The molecule has 9 nitrogen and oxygen atoms in total. The molecule has 0 aliphatic rings. The third-order valence-electron chi connectivity index (χ3n) is 4.56. The lowest BCUT2D eigenvalue weighted by molar-refractivity contribution is 0.106. The molecular formula is C21H23Cl2FN3O6PS. The van der Waals surface area contributed by atoms with E-state index in [2.05, 4.69) is 14.7 Å². The number of phosphoric ester groups is 1. The number of rotatable bonds is 10. The van der Waals surface area contributed by atoms with Crippen LogP contribution in [0, 0.1) is 5.82 Å². The van der Waals surface area contributed by atoms with Crippen molar-refractivity contribution >= 4 is 42.4 Å². The Bertz CT molecular complexity index is 1240. The normalized spacial score (nSPS) is 13.7. The zero-order chi connectivity index (χ0) is 25.9. The molecule has 4 N–H and O–H groups in total. The average molecular weight is 566 g/mol. The van der Waals surface area contributed by atoms with Gasteiger partial charge in [0.05, 0.1) is 28.3 Å². The van der Waals surface area contributed by atoms with Gasteiger partial charge in [0.25, 0.3) is 0 Å². The van der Waals surface area contributed by atoms with Gasteiger partial charge in [-0.25, -0.2) is 8.96 Å². The Morgan fingerprint density at radius 3 is 2.40 bits per heavy atom. The minimum atomic E-state index is -4.72. The Hall–Kier alpha value is -1.82. The summed E-state index contributed by atoms with van der Waals surface area (Å²) in [5.74, 6) is -0.358. The molecule has 0 saturated carbocycles. The summed E-state index contributed by atoms with van der Waals surface area (Å²) in [4.78, 5) is 17.7. The summed E-state index contributed by atoms with van der Waals surface area (Å²) in [6.45, 7) is 4.89. The van der Waals surface area contributed by atoms with Gasteiger partial charge in [-0.2, -0.15) is 0 Å². The molecular weight excluding hydrogens is 543 g/mol. The smallest absolute Gasteiger partial charge is 0.469 e. The highest BCUT2D eigenvalue weighted by molar-refractivity contribution is 7.46. The van der Waals surface area contributed by atoms with Crippen LogP contribution in [0.4, 0.5) is 4.39 Å². The predicted octanol–water partition coefficient (Wildman–Crippen LogP) is 5.31. The van der Waals surface area contributed by atoms with E-state index in [0.717, 1.165) is 6.07 Å². The maximum Gasteiger partial charge on any atom is 0.469 e. The molecule has 0 aliphatic carbocycles. The number of benzene rings is 2. The lowest BCUT2D eigenvalue weighted by Gasteiger charge is -2.21. The van der Waals surface area contributed by atoms with Gasteiger partial charge < -0.3 is 25.0 Å². The van der Waals surface area contributed by atoms with Crippen LogP contribution < -0.4 is 15.2 Å². The molecule has 3 rings (SSSR count). The minimum Gasteiger partial charge on any atom is -0.489 e. The summed E-state index contributed by atoms with van der Waals surface area (Å²) in [5.41, 5.74) is 6.83. The van der Waals surface area contributed by atoms with Crippen LogP contribution in [0.5, 0.6) is 11.5 Å². The number of nitrogens with zero attached hydrogens (tertiary/aromatic N) is 2. The van der Waals surface area contributed by atoms with Crippen LogP contribution >= 0.6 is 42.4 Å². The minimum absolute atomic E-state index is 0.0253. The Morgan fingerprint density at radius 2 is 1.77 bits per heavy atom. The van der Waals surface area contributed by atoms with Crippen molar-refractivity contribution in [3.8, 4) is 32.6 Å². The second-order valence-corrected chi connectivity index (χ2v) is 10.7. The molecule has 2 aromatic carbocycles. The van der Waals surface area contributed by atoms with E-state index in [4.69, 9.17) is 48.2 Å². The number of aromatic nitrogens is 2. The van der Waals surface area contributed by atoms with Gasteiger partial charge in [-0.05, 0) is 45.0 Å². The molecule has 0 saturated heterocycles. The summed E-state index contributed by atoms with van der Waals surface area (Å²) >= 11 is 13.9. The fourth-order valence-corrected chi connectivity index (χ4v) is 4.84. The molecule has 190 valence electrons. The Kier molecular flexibility index (Phi) is 9.11. The molecule has 0 fully saturated rings. The van der Waals surface area contributed by atoms with Gasteiger partial charge in [-0.1, -0.05) is 34.5 Å². The molecule has 14 heteroatoms. The van der Waals surface area contributed by atoms with Crippen LogP contribution in [0.25, 0.3) is 21.1 Å². The van der Waals surface area contributed by atoms with Crippen LogP contribution in [0.2, 0.25) is 10.0 Å². The van der Waals surface area contributed by atoms with Crippen molar-refractivity contribution in [1.29, 1.82) is 0 Å². The molecule has 0 amide bonds. The maximum atomic E-state index is 14.7. The van der Waals surface area contributed by atoms with Gasteiger partial charge in [-0.15, -0.1) is 10.2 Å². The standard InChI is InChI=1S/C21H23Cl2FN3O6PS/c1-10(2)32-18-5-4-12(6-15(18)23)20-26-27-21(35-20)13-7-16(24)19(8-14(13)22)31-9-17(25)11(3)33-34(28,29)30/h4-8,10-11,17H,9,25H2,1-3H3,(H2,28,29,30)/t11-,17-/m1/s1. The van der Waals surface area contributed by atoms with E-state index >= 15 is 0 Å². The number of hydrogen-bond donors (Lipinski definition) is 3. The summed E-state index contributed by atoms with van der Waals surface area (Å²) < 4.78 is 41.1. The van der Waals surface area contributed by atoms with E-state index < -0.39 is 25.8 Å². The number of nitrogens with two attached hydrogens (primary N) is 1. The third-order valence-corrected chi connectivity index (χ3v) is 6.78. The van der Waals surface area contributed by atoms with Crippen molar-refractivity contribution in [2.24, 2.45) is 5.73 Å². The number of ether oxygens (including phenoxy) is 2. The van der Waals surface area contributed by atoms with Gasteiger partial charge >= 0.3 is 7.82 Å². The topological polar surface area (TPSA) is 137 Å². The van der Waals surface area contributed by atoms with Gasteiger partial charge in [0.15, 0.2) is 11.6 Å². The highest BCUT2D eigenvalue weighted by Gasteiger charge is 2.25. The van der Waals surface area contributed by atoms with E-state index in [1.165, 1.54) is 24.3 Å². The van der Waals surface area contributed by atoms with Crippen LogP contribution in [0.3, 0.4) is 0 Å². The van der Waals surface area contributed by atoms with Gasteiger partial charge in [0.2, 0.25) is 0 Å². The highest BCUT2D eigenvalue weighted by Crippen LogP contribution is 2.39. The lowest BCUT2D eigenvalue weighted by atomic mass is 10.2. The van der Waals surface area contributed by atoms with Crippen LogP contribution in [-0.2, 0) is 9.09 Å². The summed E-state index contributed by atoms with van der Waals surface area (Å²) in [6, 6.07) is 6.75. The molecule has 3 aromatic rings. The molecule has 1 heterocycles. The average Bonchev–Trinajstić information content (AvgIpc) is 3.23. The molecule has 35 heavy (non-hydrogen) atoms. The van der Waals surface area contributed by atoms with E-state index in [0.29, 0.717) is 31.9 Å². The first-order chi connectivity index (χ1) is 16.3. The lowest BCUT2D eigenvalue weighted by Crippen LogP contribution is -2.39. The van der Waals surface area contributed by atoms with Gasteiger partial charge in [-0.3, -0.25) is 4.52 Å². The first-order valence-electron chi connectivity index (χ1n) is 10.3. The van der Waals surface area contributed by atoms with E-state index in [9.17, 15) is 8.96 Å². The Morgan fingerprint density at radius 1 is 1.09 bits per heavy atom. The molecule has 0 bridgehead atoms. The summed E-state index contributed by atoms with van der Waals surface area (Å²) in [5, 5.41) is 9.81. The van der Waals surface area contributed by atoms with Crippen LogP contribution in [-0.4, -0.2) is 44.8 Å². The quantitative estimate of drug-likeness (QED) is 0.279. The Balaban J connectivity index is 1.75. The Labute approximate surface area is 215 Å². The first kappa shape index (κ1) is 27.8. The molecule has 0 radical (unpaired) electrons. The van der Waals surface area contributed by atoms with Crippen molar-refractivity contribution < 1.29 is 32.7 Å². The van der Waals surface area contributed by atoms with Crippen LogP contribution in [0.1, 0.15) is 20.8 Å². The van der Waals surface area contributed by atoms with Crippen LogP contribution in [0.15, 0.2) is 30.3 Å². The molecule has 0 spiro atoms.